The maximum Gasteiger partial charge on any atom is 0.173 e. The zero-order chi connectivity index (χ0) is 23.4. The summed E-state index contributed by atoms with van der Waals surface area (Å²) in [5.41, 5.74) is 0. The quantitative estimate of drug-likeness (QED) is 0.340. The Kier molecular flexibility index (Phi) is 6.16. The Morgan fingerprint density at radius 1 is 0.412 bits per heavy atom. The monoisotopic (exact) mass is 479 g/mol. The molecule has 0 saturated carbocycles. The number of hydrogen-bond donors (Lipinski definition) is 0. The number of hydrogen-bond acceptors (Lipinski definition) is 3. The Balaban J connectivity index is 1.87. The SMILES string of the molecule is O=P(c1ccccc1)(c1ccccc1)c1ccncc1P(=O)(c1ccccc1)c1ccccc1. The van der Waals surface area contributed by atoms with E-state index in [4.69, 9.17) is 0 Å². The van der Waals surface area contributed by atoms with E-state index in [9.17, 15) is 0 Å². The summed E-state index contributed by atoms with van der Waals surface area (Å²) >= 11 is 0. The Morgan fingerprint density at radius 2 is 0.735 bits per heavy atom. The summed E-state index contributed by atoms with van der Waals surface area (Å²) in [5.74, 6) is 0. The summed E-state index contributed by atoms with van der Waals surface area (Å²) in [7, 11) is -6.75. The van der Waals surface area contributed by atoms with Gasteiger partial charge in [0.05, 0.1) is 0 Å². The van der Waals surface area contributed by atoms with Gasteiger partial charge in [-0.2, -0.15) is 0 Å². The van der Waals surface area contributed by atoms with E-state index in [0.29, 0.717) is 31.8 Å². The van der Waals surface area contributed by atoms with Crippen molar-refractivity contribution in [2.75, 3.05) is 0 Å². The van der Waals surface area contributed by atoms with Gasteiger partial charge in [-0.1, -0.05) is 121 Å². The van der Waals surface area contributed by atoms with Gasteiger partial charge in [0, 0.05) is 44.2 Å². The third kappa shape index (κ3) is 3.78. The molecule has 0 aliphatic rings. The third-order valence-corrected chi connectivity index (χ3v) is 12.3. The maximum atomic E-state index is 15.2. The summed E-state index contributed by atoms with van der Waals surface area (Å²) in [5, 5.41) is 3.81. The second-order valence-corrected chi connectivity index (χ2v) is 13.4. The summed E-state index contributed by atoms with van der Waals surface area (Å²) in [6.07, 6.45) is 3.27. The first kappa shape index (κ1) is 22.3. The van der Waals surface area contributed by atoms with Gasteiger partial charge in [0.15, 0.2) is 14.3 Å². The van der Waals surface area contributed by atoms with Crippen LogP contribution in [-0.4, -0.2) is 4.98 Å². The predicted molar refractivity (Wildman–Crippen MR) is 143 cm³/mol. The van der Waals surface area contributed by atoms with Gasteiger partial charge in [-0.05, 0) is 6.07 Å². The van der Waals surface area contributed by atoms with Gasteiger partial charge in [0.2, 0.25) is 0 Å². The number of rotatable bonds is 6. The molecule has 0 saturated heterocycles. The lowest BCUT2D eigenvalue weighted by atomic mass is 10.4. The number of nitrogens with zero attached hydrogens (tertiary/aromatic N) is 1. The van der Waals surface area contributed by atoms with Crippen LogP contribution >= 0.6 is 14.3 Å². The minimum atomic E-state index is -3.39. The Labute approximate surface area is 199 Å². The summed E-state index contributed by atoms with van der Waals surface area (Å²) in [6.45, 7) is 0. The number of benzene rings is 4. The molecular weight excluding hydrogens is 456 g/mol. The van der Waals surface area contributed by atoms with Crippen LogP contribution in [0.5, 0.6) is 0 Å². The molecule has 0 spiro atoms. The van der Waals surface area contributed by atoms with Crippen molar-refractivity contribution >= 4 is 46.1 Å². The van der Waals surface area contributed by atoms with Gasteiger partial charge in [-0.3, -0.25) is 4.98 Å². The normalized spacial score (nSPS) is 11.8. The highest BCUT2D eigenvalue weighted by atomic mass is 31.2. The van der Waals surface area contributed by atoms with E-state index in [2.05, 4.69) is 4.98 Å². The van der Waals surface area contributed by atoms with Gasteiger partial charge >= 0.3 is 0 Å². The standard InChI is InChI=1S/C29H23NO2P2/c31-33(24-13-5-1-6-14-24,25-15-7-2-8-16-25)28-21-22-30-23-29(28)34(32,26-17-9-3-10-18-26)27-19-11-4-12-20-27/h1-23H. The highest BCUT2D eigenvalue weighted by Gasteiger charge is 2.39. The molecule has 0 N–H and O–H groups in total. The lowest BCUT2D eigenvalue weighted by molar-refractivity contribution is 0.590. The second-order valence-electron chi connectivity index (χ2n) is 7.93. The lowest BCUT2D eigenvalue weighted by Gasteiger charge is -2.27. The van der Waals surface area contributed by atoms with Crippen molar-refractivity contribution in [1.29, 1.82) is 0 Å². The molecule has 3 nitrogen and oxygen atoms in total. The highest BCUT2D eigenvalue weighted by Crippen LogP contribution is 2.48. The molecule has 0 fully saturated rings. The third-order valence-electron chi connectivity index (χ3n) is 5.94. The van der Waals surface area contributed by atoms with Crippen molar-refractivity contribution < 1.29 is 9.13 Å². The van der Waals surface area contributed by atoms with Gasteiger partial charge < -0.3 is 9.13 Å². The first-order chi connectivity index (χ1) is 16.6. The first-order valence-corrected chi connectivity index (χ1v) is 14.4. The molecule has 5 aromatic rings. The first-order valence-electron chi connectivity index (χ1n) is 11.0. The van der Waals surface area contributed by atoms with Crippen molar-refractivity contribution in [2.24, 2.45) is 0 Å². The van der Waals surface area contributed by atoms with E-state index in [1.54, 1.807) is 18.5 Å². The molecule has 0 unspecified atom stereocenters. The van der Waals surface area contributed by atoms with Crippen molar-refractivity contribution in [3.05, 3.63) is 140 Å². The molecule has 4 aromatic carbocycles. The van der Waals surface area contributed by atoms with Crippen LogP contribution in [0.25, 0.3) is 0 Å². The fourth-order valence-electron chi connectivity index (χ4n) is 4.29. The van der Waals surface area contributed by atoms with Crippen molar-refractivity contribution in [3.63, 3.8) is 0 Å². The second kappa shape index (κ2) is 9.39. The topological polar surface area (TPSA) is 47.0 Å². The van der Waals surface area contributed by atoms with Gasteiger partial charge in [0.25, 0.3) is 0 Å². The molecule has 0 atom stereocenters. The molecule has 166 valence electrons. The van der Waals surface area contributed by atoms with E-state index in [1.807, 2.05) is 121 Å². The van der Waals surface area contributed by atoms with Crippen LogP contribution < -0.4 is 31.8 Å². The van der Waals surface area contributed by atoms with Crippen molar-refractivity contribution in [3.8, 4) is 0 Å². The molecule has 5 heteroatoms. The molecule has 0 amide bonds. The average molecular weight is 479 g/mol. The van der Waals surface area contributed by atoms with E-state index in [1.165, 1.54) is 0 Å². The Hall–Kier alpha value is -3.51. The fraction of sp³-hybridized carbons (Fsp3) is 0. The summed E-state index contributed by atoms with van der Waals surface area (Å²) < 4.78 is 30.4. The van der Waals surface area contributed by atoms with Crippen LogP contribution in [0.1, 0.15) is 0 Å². The Morgan fingerprint density at radius 3 is 1.09 bits per heavy atom. The van der Waals surface area contributed by atoms with E-state index in [-0.39, 0.29) is 0 Å². The maximum absolute atomic E-state index is 15.2. The van der Waals surface area contributed by atoms with Crippen molar-refractivity contribution in [2.45, 2.75) is 0 Å². The number of aromatic nitrogens is 1. The minimum Gasteiger partial charge on any atom is -0.309 e. The lowest BCUT2D eigenvalue weighted by Crippen LogP contribution is -2.39. The molecule has 0 radical (unpaired) electrons. The summed E-state index contributed by atoms with van der Waals surface area (Å²) in [4.78, 5) is 4.37. The van der Waals surface area contributed by atoms with Crippen LogP contribution in [-0.2, 0) is 9.13 Å². The smallest absolute Gasteiger partial charge is 0.173 e. The minimum absolute atomic E-state index is 0.503. The molecule has 34 heavy (non-hydrogen) atoms. The van der Waals surface area contributed by atoms with Gasteiger partial charge in [-0.25, -0.2) is 0 Å². The van der Waals surface area contributed by atoms with Crippen LogP contribution in [0, 0.1) is 0 Å². The highest BCUT2D eigenvalue weighted by molar-refractivity contribution is 7.90. The van der Waals surface area contributed by atoms with Crippen LogP contribution in [0.4, 0.5) is 0 Å². The molecule has 5 rings (SSSR count). The van der Waals surface area contributed by atoms with Crippen LogP contribution in [0.15, 0.2) is 140 Å². The van der Waals surface area contributed by atoms with E-state index in [0.717, 1.165) is 0 Å². The molecule has 1 heterocycles. The molecule has 0 aliphatic heterocycles. The molecule has 1 aromatic heterocycles. The van der Waals surface area contributed by atoms with Crippen molar-refractivity contribution in [1.82, 2.24) is 4.98 Å². The van der Waals surface area contributed by atoms with E-state index >= 15 is 9.13 Å². The fourth-order valence-corrected chi connectivity index (χ4v) is 10.5. The van der Waals surface area contributed by atoms with Crippen LogP contribution in [0.3, 0.4) is 0 Å². The average Bonchev–Trinajstić information content (AvgIpc) is 2.94. The zero-order valence-corrected chi connectivity index (χ0v) is 20.2. The largest absolute Gasteiger partial charge is 0.309 e. The van der Waals surface area contributed by atoms with Gasteiger partial charge in [-0.15, -0.1) is 0 Å². The molecule has 0 aliphatic carbocycles. The summed E-state index contributed by atoms with van der Waals surface area (Å²) in [6, 6.07) is 39.5. The van der Waals surface area contributed by atoms with Crippen LogP contribution in [0.2, 0.25) is 0 Å². The van der Waals surface area contributed by atoms with Gasteiger partial charge in [0.1, 0.15) is 0 Å². The zero-order valence-electron chi connectivity index (χ0n) is 18.4. The number of pyridine rings is 1. The molecule has 0 bridgehead atoms. The predicted octanol–water partition coefficient (Wildman–Crippen LogP) is 4.36. The Bertz CT molecular complexity index is 1290. The molecular formula is C29H23NO2P2. The van der Waals surface area contributed by atoms with E-state index < -0.39 is 14.3 Å².